The Bertz CT molecular complexity index is 382. The summed E-state index contributed by atoms with van der Waals surface area (Å²) < 4.78 is 1.49. The monoisotopic (exact) mass is 246 g/mol. The van der Waals surface area contributed by atoms with Gasteiger partial charge < -0.3 is 4.57 Å². The highest BCUT2D eigenvalue weighted by atomic mass is 79.9. The predicted octanol–water partition coefficient (Wildman–Crippen LogP) is 0.568. The Balaban J connectivity index is 2.90. The van der Waals surface area contributed by atoms with E-state index < -0.39 is 0 Å². The molecule has 0 aliphatic heterocycles. The van der Waals surface area contributed by atoms with Crippen molar-refractivity contribution in [1.82, 2.24) is 9.55 Å². The molecule has 0 fully saturated rings. The third-order valence-electron chi connectivity index (χ3n) is 1.67. The molecular formula is C8H11BrN2O2. The number of H-pyrrole nitrogens is 1. The van der Waals surface area contributed by atoms with Crippen molar-refractivity contribution >= 4 is 15.9 Å². The molecule has 0 spiro atoms. The summed E-state index contributed by atoms with van der Waals surface area (Å²) in [7, 11) is 0. The van der Waals surface area contributed by atoms with Gasteiger partial charge in [-0.25, -0.2) is 4.79 Å². The Kier molecular flexibility index (Phi) is 3.48. The lowest BCUT2D eigenvalue weighted by atomic mass is 10.2. The van der Waals surface area contributed by atoms with Crippen LogP contribution in [0.3, 0.4) is 0 Å². The van der Waals surface area contributed by atoms with Crippen molar-refractivity contribution in [3.05, 3.63) is 33.1 Å². The molecule has 13 heavy (non-hydrogen) atoms. The van der Waals surface area contributed by atoms with Gasteiger partial charge >= 0.3 is 5.69 Å². The highest BCUT2D eigenvalue weighted by Crippen LogP contribution is 2.01. The zero-order chi connectivity index (χ0) is 9.84. The number of aromatic nitrogens is 2. The van der Waals surface area contributed by atoms with Crippen LogP contribution in [0.25, 0.3) is 0 Å². The van der Waals surface area contributed by atoms with Crippen molar-refractivity contribution < 1.29 is 0 Å². The van der Waals surface area contributed by atoms with E-state index in [1.54, 1.807) is 0 Å². The van der Waals surface area contributed by atoms with Crippen molar-refractivity contribution in [1.29, 1.82) is 0 Å². The zero-order valence-electron chi connectivity index (χ0n) is 7.29. The average molecular weight is 247 g/mol. The fourth-order valence-electron chi connectivity index (χ4n) is 0.973. The Hall–Kier alpha value is -0.840. The fraction of sp³-hybridized carbons (Fsp3) is 0.500. The van der Waals surface area contributed by atoms with Gasteiger partial charge in [0.1, 0.15) is 0 Å². The molecule has 1 rings (SSSR count). The molecule has 0 saturated heterocycles. The molecular weight excluding hydrogens is 236 g/mol. The molecule has 5 heteroatoms. The number of nitrogens with zero attached hydrogens (tertiary/aromatic N) is 1. The van der Waals surface area contributed by atoms with Crippen LogP contribution in [-0.2, 0) is 6.54 Å². The molecule has 0 aliphatic rings. The van der Waals surface area contributed by atoms with Crippen molar-refractivity contribution in [3.63, 3.8) is 0 Å². The Labute approximate surface area is 83.7 Å². The van der Waals surface area contributed by atoms with Gasteiger partial charge in [-0.2, -0.15) is 0 Å². The predicted molar refractivity (Wildman–Crippen MR) is 54.3 cm³/mol. The lowest BCUT2D eigenvalue weighted by molar-refractivity contribution is 0.511. The van der Waals surface area contributed by atoms with Gasteiger partial charge in [-0.15, -0.1) is 0 Å². The molecule has 4 nitrogen and oxygen atoms in total. The van der Waals surface area contributed by atoms with Gasteiger partial charge in [0.2, 0.25) is 0 Å². The average Bonchev–Trinajstić information content (AvgIpc) is 2.09. The molecule has 1 N–H and O–H groups in total. The maximum Gasteiger partial charge on any atom is 0.328 e. The minimum Gasteiger partial charge on any atom is -0.300 e. The van der Waals surface area contributed by atoms with Crippen LogP contribution in [0.5, 0.6) is 0 Å². The molecule has 1 heterocycles. The number of halogens is 1. The molecule has 1 atom stereocenters. The summed E-state index contributed by atoms with van der Waals surface area (Å²) >= 11 is 3.32. The third kappa shape index (κ3) is 2.84. The summed E-state index contributed by atoms with van der Waals surface area (Å²) in [5.74, 6) is 0.364. The quantitative estimate of drug-likeness (QED) is 0.794. The summed E-state index contributed by atoms with van der Waals surface area (Å²) in [6, 6.07) is 1.35. The van der Waals surface area contributed by atoms with Crippen molar-refractivity contribution in [2.24, 2.45) is 5.92 Å². The highest BCUT2D eigenvalue weighted by Gasteiger charge is 2.02. The largest absolute Gasteiger partial charge is 0.328 e. The van der Waals surface area contributed by atoms with E-state index in [1.807, 2.05) is 6.92 Å². The summed E-state index contributed by atoms with van der Waals surface area (Å²) in [5.41, 5.74) is -0.701. The lowest BCUT2D eigenvalue weighted by Crippen LogP contribution is -2.30. The molecule has 0 saturated carbocycles. The van der Waals surface area contributed by atoms with Gasteiger partial charge in [0, 0.05) is 24.1 Å². The van der Waals surface area contributed by atoms with Gasteiger partial charge in [-0.3, -0.25) is 9.78 Å². The second kappa shape index (κ2) is 4.41. The van der Waals surface area contributed by atoms with Gasteiger partial charge in [0.25, 0.3) is 5.56 Å². The van der Waals surface area contributed by atoms with Gasteiger partial charge in [-0.05, 0) is 5.92 Å². The summed E-state index contributed by atoms with van der Waals surface area (Å²) in [6.45, 7) is 2.63. The molecule has 0 radical (unpaired) electrons. The highest BCUT2D eigenvalue weighted by molar-refractivity contribution is 9.09. The van der Waals surface area contributed by atoms with Crippen molar-refractivity contribution in [2.45, 2.75) is 13.5 Å². The minimum absolute atomic E-state index is 0.347. The number of hydrogen-bond donors (Lipinski definition) is 1. The first kappa shape index (κ1) is 10.2. The second-order valence-electron chi connectivity index (χ2n) is 3.02. The van der Waals surface area contributed by atoms with E-state index in [0.717, 1.165) is 5.33 Å². The van der Waals surface area contributed by atoms with Gasteiger partial charge in [0.15, 0.2) is 0 Å². The van der Waals surface area contributed by atoms with Crippen LogP contribution in [0, 0.1) is 5.92 Å². The van der Waals surface area contributed by atoms with Crippen LogP contribution in [0.1, 0.15) is 6.92 Å². The van der Waals surface area contributed by atoms with E-state index in [-0.39, 0.29) is 11.2 Å². The first-order valence-electron chi connectivity index (χ1n) is 3.99. The lowest BCUT2D eigenvalue weighted by Gasteiger charge is -2.08. The molecule has 0 aliphatic carbocycles. The summed E-state index contributed by atoms with van der Waals surface area (Å²) in [4.78, 5) is 24.1. The van der Waals surface area contributed by atoms with Crippen LogP contribution in [0.2, 0.25) is 0 Å². The number of hydrogen-bond acceptors (Lipinski definition) is 2. The van der Waals surface area contributed by atoms with Crippen molar-refractivity contribution in [2.75, 3.05) is 5.33 Å². The summed E-state index contributed by atoms with van der Waals surface area (Å²) in [5, 5.41) is 0.832. The topological polar surface area (TPSA) is 54.9 Å². The van der Waals surface area contributed by atoms with Crippen LogP contribution in [0.4, 0.5) is 0 Å². The number of aromatic amines is 1. The first-order chi connectivity index (χ1) is 6.13. The second-order valence-corrected chi connectivity index (χ2v) is 3.67. The number of alkyl halides is 1. The molecule has 0 bridgehead atoms. The van der Waals surface area contributed by atoms with E-state index in [0.29, 0.717) is 12.5 Å². The normalized spacial score (nSPS) is 12.8. The maximum atomic E-state index is 11.2. The Morgan fingerprint density at radius 1 is 1.62 bits per heavy atom. The van der Waals surface area contributed by atoms with E-state index in [9.17, 15) is 9.59 Å². The van der Waals surface area contributed by atoms with E-state index in [1.165, 1.54) is 16.8 Å². The third-order valence-corrected chi connectivity index (χ3v) is 2.77. The molecule has 0 aromatic carbocycles. The van der Waals surface area contributed by atoms with Crippen molar-refractivity contribution in [3.8, 4) is 0 Å². The molecule has 1 unspecified atom stereocenters. The molecule has 0 amide bonds. The molecule has 1 aromatic rings. The Morgan fingerprint density at radius 2 is 2.31 bits per heavy atom. The molecule has 1 aromatic heterocycles. The van der Waals surface area contributed by atoms with Gasteiger partial charge in [-0.1, -0.05) is 22.9 Å². The van der Waals surface area contributed by atoms with Crippen LogP contribution >= 0.6 is 15.9 Å². The smallest absolute Gasteiger partial charge is 0.300 e. The van der Waals surface area contributed by atoms with Crippen LogP contribution in [0.15, 0.2) is 21.9 Å². The molecule has 72 valence electrons. The van der Waals surface area contributed by atoms with Gasteiger partial charge in [0.05, 0.1) is 0 Å². The number of rotatable bonds is 3. The van der Waals surface area contributed by atoms with E-state index in [4.69, 9.17) is 0 Å². The standard InChI is InChI=1S/C8H11BrN2O2/c1-6(4-9)5-11-3-2-7(12)10-8(11)13/h2-3,6H,4-5H2,1H3,(H,10,12,13). The number of nitrogens with one attached hydrogen (secondary N) is 1. The SMILES string of the molecule is CC(CBr)Cn1ccc(=O)[nH]c1=O. The Morgan fingerprint density at radius 3 is 2.85 bits per heavy atom. The minimum atomic E-state index is -0.354. The van der Waals surface area contributed by atoms with Crippen LogP contribution < -0.4 is 11.2 Å². The first-order valence-corrected chi connectivity index (χ1v) is 5.11. The summed E-state index contributed by atoms with van der Waals surface area (Å²) in [6.07, 6.45) is 1.51. The van der Waals surface area contributed by atoms with E-state index in [2.05, 4.69) is 20.9 Å². The zero-order valence-corrected chi connectivity index (χ0v) is 8.87. The maximum absolute atomic E-state index is 11.2. The van der Waals surface area contributed by atoms with Crippen LogP contribution in [-0.4, -0.2) is 14.9 Å². The fourth-order valence-corrected chi connectivity index (χ4v) is 1.18. The van der Waals surface area contributed by atoms with E-state index >= 15 is 0 Å².